The van der Waals surface area contributed by atoms with Crippen molar-refractivity contribution < 1.29 is 19.1 Å². The van der Waals surface area contributed by atoms with Gasteiger partial charge in [-0.25, -0.2) is 0 Å². The maximum absolute atomic E-state index is 10.9. The third-order valence-corrected chi connectivity index (χ3v) is 9.81. The second kappa shape index (κ2) is 57.0. The van der Waals surface area contributed by atoms with Gasteiger partial charge in [0.1, 0.15) is 0 Å². The molecule has 0 amide bonds. The van der Waals surface area contributed by atoms with Crippen LogP contribution in [0.25, 0.3) is 0 Å². The number of hydrogen-bond donors (Lipinski definition) is 0. The van der Waals surface area contributed by atoms with Crippen LogP contribution in [0.15, 0.2) is 0 Å². The Kier molecular flexibility index (Phi) is 63.6. The summed E-state index contributed by atoms with van der Waals surface area (Å²) >= 11 is 0. The lowest BCUT2D eigenvalue weighted by molar-refractivity contribution is -0.144. The van der Waals surface area contributed by atoms with Crippen LogP contribution in [-0.2, 0) is 19.1 Å². The first kappa shape index (κ1) is 58.0. The summed E-state index contributed by atoms with van der Waals surface area (Å²) in [6, 6.07) is 0. The number of rotatable bonds is 38. The van der Waals surface area contributed by atoms with E-state index in [0.717, 1.165) is 12.8 Å². The molecular formula is C47H98O4S. The van der Waals surface area contributed by atoms with Gasteiger partial charge in [0.2, 0.25) is 0 Å². The largest absolute Gasteiger partial charge is 0.466 e. The van der Waals surface area contributed by atoms with Crippen molar-refractivity contribution in [3.05, 3.63) is 0 Å². The highest BCUT2D eigenvalue weighted by Gasteiger charge is 1.99. The highest BCUT2D eigenvalue weighted by atomic mass is 32.1. The number of esters is 2. The van der Waals surface area contributed by atoms with Crippen molar-refractivity contribution in [1.29, 1.82) is 0 Å². The van der Waals surface area contributed by atoms with E-state index in [2.05, 4.69) is 27.7 Å². The molecule has 0 fully saturated rings. The highest BCUT2D eigenvalue weighted by molar-refractivity contribution is 7.59. The summed E-state index contributed by atoms with van der Waals surface area (Å²) in [5.74, 6) is -0.128. The first-order valence-corrected chi connectivity index (χ1v) is 23.3. The number of carbonyl (C=O) groups excluding carboxylic acids is 2. The van der Waals surface area contributed by atoms with Crippen LogP contribution >= 0.6 is 13.5 Å². The van der Waals surface area contributed by atoms with Crippen LogP contribution in [0.3, 0.4) is 0 Å². The first-order valence-electron chi connectivity index (χ1n) is 23.3. The Morgan fingerprint density at radius 3 is 0.596 bits per heavy atom. The van der Waals surface area contributed by atoms with E-state index >= 15 is 0 Å². The molecule has 0 aromatic rings. The van der Waals surface area contributed by atoms with Gasteiger partial charge in [0.05, 0.1) is 13.2 Å². The van der Waals surface area contributed by atoms with Crippen molar-refractivity contribution in [3.63, 3.8) is 0 Å². The highest BCUT2D eigenvalue weighted by Crippen LogP contribution is 2.15. The SMILES string of the molecule is CCCCC.CCCCCCCCCCCCCCCCCCOC(=O)CC.CCCCCCCCCCCCCCCCCCOC(=O)CC.S. The molecule has 0 aliphatic carbocycles. The van der Waals surface area contributed by atoms with Crippen molar-refractivity contribution in [2.24, 2.45) is 0 Å². The number of hydrogen-bond acceptors (Lipinski definition) is 4. The van der Waals surface area contributed by atoms with Gasteiger partial charge < -0.3 is 9.47 Å². The summed E-state index contributed by atoms with van der Waals surface area (Å²) in [5, 5.41) is 0. The predicted molar refractivity (Wildman–Crippen MR) is 237 cm³/mol. The van der Waals surface area contributed by atoms with E-state index in [1.54, 1.807) is 0 Å². The van der Waals surface area contributed by atoms with Crippen molar-refractivity contribution in [3.8, 4) is 0 Å². The second-order valence-electron chi connectivity index (χ2n) is 15.1. The van der Waals surface area contributed by atoms with Crippen molar-refractivity contribution in [1.82, 2.24) is 0 Å². The van der Waals surface area contributed by atoms with Crippen molar-refractivity contribution >= 4 is 25.4 Å². The molecule has 0 saturated carbocycles. The second-order valence-corrected chi connectivity index (χ2v) is 15.1. The summed E-state index contributed by atoms with van der Waals surface area (Å²) in [6.07, 6.45) is 49.0. The topological polar surface area (TPSA) is 52.6 Å². The van der Waals surface area contributed by atoms with Crippen molar-refractivity contribution in [2.75, 3.05) is 13.2 Å². The van der Waals surface area contributed by atoms with E-state index in [1.807, 2.05) is 13.8 Å². The molecule has 0 aliphatic rings. The number of carbonyl (C=O) groups is 2. The lowest BCUT2D eigenvalue weighted by atomic mass is 10.0. The minimum absolute atomic E-state index is 0. The molecular weight excluding hydrogens is 661 g/mol. The quantitative estimate of drug-likeness (QED) is 0.0465. The van der Waals surface area contributed by atoms with Gasteiger partial charge in [-0.2, -0.15) is 13.5 Å². The molecule has 0 aliphatic heterocycles. The fourth-order valence-electron chi connectivity index (χ4n) is 6.23. The van der Waals surface area contributed by atoms with E-state index in [9.17, 15) is 9.59 Å². The number of ether oxygens (including phenoxy) is 2. The standard InChI is InChI=1S/2C21H42O2.C5H12.H2S/c2*1-3-5-6-7-8-9-10-11-12-13-14-15-16-17-18-19-20-23-21(22)4-2;1-3-5-4-2;/h2*3-20H2,1-2H3;3-5H2,1-2H3;1H2. The molecule has 0 rings (SSSR count). The average molecular weight is 759 g/mol. The maximum atomic E-state index is 10.9. The van der Waals surface area contributed by atoms with Gasteiger partial charge in [0.25, 0.3) is 0 Å². The normalized spacial score (nSPS) is 10.4. The van der Waals surface area contributed by atoms with Gasteiger partial charge >= 0.3 is 11.9 Å². The third kappa shape index (κ3) is 61.3. The summed E-state index contributed by atoms with van der Waals surface area (Å²) in [4.78, 5) is 21.9. The van der Waals surface area contributed by atoms with Crippen LogP contribution in [0.1, 0.15) is 279 Å². The van der Waals surface area contributed by atoms with Crippen LogP contribution in [-0.4, -0.2) is 25.2 Å². The Balaban J connectivity index is -0.000000385. The molecule has 0 atom stereocenters. The molecule has 0 bridgehead atoms. The maximum Gasteiger partial charge on any atom is 0.305 e. The van der Waals surface area contributed by atoms with Gasteiger partial charge in [-0.15, -0.1) is 0 Å². The molecule has 316 valence electrons. The van der Waals surface area contributed by atoms with Gasteiger partial charge in [0, 0.05) is 12.8 Å². The summed E-state index contributed by atoms with van der Waals surface area (Å²) < 4.78 is 10.1. The van der Waals surface area contributed by atoms with Gasteiger partial charge in [-0.1, -0.05) is 253 Å². The Labute approximate surface area is 335 Å². The smallest absolute Gasteiger partial charge is 0.305 e. The van der Waals surface area contributed by atoms with Crippen molar-refractivity contribution in [2.45, 2.75) is 279 Å². The van der Waals surface area contributed by atoms with E-state index in [1.165, 1.54) is 212 Å². The fraction of sp³-hybridized carbons (Fsp3) is 0.957. The zero-order valence-corrected chi connectivity index (χ0v) is 37.7. The van der Waals surface area contributed by atoms with Crippen LogP contribution < -0.4 is 0 Å². The molecule has 52 heavy (non-hydrogen) atoms. The lowest BCUT2D eigenvalue weighted by Crippen LogP contribution is -2.03. The molecule has 0 N–H and O–H groups in total. The van der Waals surface area contributed by atoms with E-state index in [-0.39, 0.29) is 25.4 Å². The number of unbranched alkanes of at least 4 members (excludes halogenated alkanes) is 32. The molecule has 4 nitrogen and oxygen atoms in total. The first-order chi connectivity index (χ1) is 25.0. The summed E-state index contributed by atoms with van der Waals surface area (Å²) in [6.45, 7) is 13.9. The van der Waals surface area contributed by atoms with E-state index in [4.69, 9.17) is 9.47 Å². The average Bonchev–Trinajstić information content (AvgIpc) is 3.14. The molecule has 0 aromatic carbocycles. The fourth-order valence-corrected chi connectivity index (χ4v) is 6.23. The Morgan fingerprint density at radius 2 is 0.442 bits per heavy atom. The van der Waals surface area contributed by atoms with Crippen LogP contribution in [0.5, 0.6) is 0 Å². The molecule has 0 heterocycles. The summed E-state index contributed by atoms with van der Waals surface area (Å²) in [5.41, 5.74) is 0. The van der Waals surface area contributed by atoms with E-state index < -0.39 is 0 Å². The van der Waals surface area contributed by atoms with Crippen LogP contribution in [0.2, 0.25) is 0 Å². The van der Waals surface area contributed by atoms with Crippen LogP contribution in [0, 0.1) is 0 Å². The molecule has 0 unspecified atom stereocenters. The van der Waals surface area contributed by atoms with Gasteiger partial charge in [-0.3, -0.25) is 9.59 Å². The minimum Gasteiger partial charge on any atom is -0.466 e. The van der Waals surface area contributed by atoms with Crippen LogP contribution in [0.4, 0.5) is 0 Å². The molecule has 0 radical (unpaired) electrons. The molecule has 0 aromatic heterocycles. The predicted octanol–water partition coefficient (Wildman–Crippen LogP) is 16.7. The van der Waals surface area contributed by atoms with E-state index in [0.29, 0.717) is 26.1 Å². The zero-order valence-electron chi connectivity index (χ0n) is 36.7. The van der Waals surface area contributed by atoms with Gasteiger partial charge in [0.15, 0.2) is 0 Å². The zero-order chi connectivity index (χ0) is 38.1. The monoisotopic (exact) mass is 759 g/mol. The third-order valence-electron chi connectivity index (χ3n) is 9.81. The van der Waals surface area contributed by atoms with Gasteiger partial charge in [-0.05, 0) is 12.8 Å². The molecule has 0 saturated heterocycles. The Hall–Kier alpha value is -0.710. The Morgan fingerprint density at radius 1 is 0.269 bits per heavy atom. The lowest BCUT2D eigenvalue weighted by Gasteiger charge is -2.04. The summed E-state index contributed by atoms with van der Waals surface area (Å²) in [7, 11) is 0. The Bertz CT molecular complexity index is 575. The minimum atomic E-state index is -0.0639. The molecule has 0 spiro atoms. The molecule has 5 heteroatoms.